The van der Waals surface area contributed by atoms with Gasteiger partial charge in [-0.25, -0.2) is 0 Å². The first-order valence-corrected chi connectivity index (χ1v) is 8.93. The van der Waals surface area contributed by atoms with E-state index in [1.807, 2.05) is 48.5 Å². The zero-order valence-electron chi connectivity index (χ0n) is 14.3. The Morgan fingerprint density at radius 2 is 1.68 bits per heavy atom. The maximum Gasteiger partial charge on any atom is 0.269 e. The molecular weight excluding hydrogens is 354 g/mol. The summed E-state index contributed by atoms with van der Waals surface area (Å²) in [5.41, 5.74) is 8.25. The predicted octanol–water partition coefficient (Wildman–Crippen LogP) is 3.82. The fraction of sp³-hybridized carbons (Fsp3) is 0.263. The quantitative estimate of drug-likeness (QED) is 0.549. The maximum atomic E-state index is 12.1. The lowest BCUT2D eigenvalue weighted by atomic mass is 10.0. The highest BCUT2D eigenvalue weighted by molar-refractivity contribution is 7.80. The van der Waals surface area contributed by atoms with E-state index < -0.39 is 0 Å². The van der Waals surface area contributed by atoms with Gasteiger partial charge in [0.25, 0.3) is 5.91 Å². The van der Waals surface area contributed by atoms with Crippen molar-refractivity contribution >= 4 is 34.8 Å². The Hall–Kier alpha value is -2.11. The fourth-order valence-electron chi connectivity index (χ4n) is 2.22. The van der Waals surface area contributed by atoms with Gasteiger partial charge in [0.2, 0.25) is 0 Å². The molecule has 0 aliphatic heterocycles. The number of hydrazine groups is 1. The van der Waals surface area contributed by atoms with Crippen molar-refractivity contribution in [3.63, 3.8) is 0 Å². The molecule has 2 aromatic rings. The van der Waals surface area contributed by atoms with Gasteiger partial charge < -0.3 is 5.32 Å². The van der Waals surface area contributed by atoms with Gasteiger partial charge in [0, 0.05) is 17.1 Å². The Labute approximate surface area is 158 Å². The first-order valence-electron chi connectivity index (χ1n) is 8.14. The molecule has 0 aliphatic rings. The summed E-state index contributed by atoms with van der Waals surface area (Å²) in [5.74, 6) is 0.213. The minimum absolute atomic E-state index is 0.225. The third-order valence-corrected chi connectivity index (χ3v) is 4.24. The molecule has 2 rings (SSSR count). The fourth-order valence-corrected chi connectivity index (χ4v) is 2.50. The van der Waals surface area contributed by atoms with Crippen molar-refractivity contribution in [2.45, 2.75) is 26.2 Å². The number of carbonyl (C=O) groups is 1. The summed E-state index contributed by atoms with van der Waals surface area (Å²) >= 11 is 11.0. The molecule has 0 bridgehead atoms. The first kappa shape index (κ1) is 19.2. The summed E-state index contributed by atoms with van der Waals surface area (Å²) in [7, 11) is 0. The van der Waals surface area contributed by atoms with Crippen molar-refractivity contribution in [2.75, 3.05) is 6.54 Å². The third-order valence-electron chi connectivity index (χ3n) is 3.74. The molecule has 0 heterocycles. The molecule has 4 nitrogen and oxygen atoms in total. The second-order valence-electron chi connectivity index (χ2n) is 5.99. The normalized spacial score (nSPS) is 10.4. The number of rotatable bonds is 5. The van der Waals surface area contributed by atoms with Gasteiger partial charge in [-0.15, -0.1) is 0 Å². The van der Waals surface area contributed by atoms with Gasteiger partial charge in [-0.2, -0.15) is 0 Å². The second-order valence-corrected chi connectivity index (χ2v) is 6.83. The Balaban J connectivity index is 1.71. The van der Waals surface area contributed by atoms with Crippen LogP contribution < -0.4 is 16.2 Å². The second kappa shape index (κ2) is 9.39. The zero-order valence-corrected chi connectivity index (χ0v) is 15.9. The molecule has 25 heavy (non-hydrogen) atoms. The van der Waals surface area contributed by atoms with Gasteiger partial charge in [0.05, 0.1) is 0 Å². The molecule has 132 valence electrons. The average Bonchev–Trinajstić information content (AvgIpc) is 2.61. The van der Waals surface area contributed by atoms with Crippen molar-refractivity contribution < 1.29 is 4.79 Å². The highest BCUT2D eigenvalue weighted by Gasteiger charge is 2.06. The van der Waals surface area contributed by atoms with E-state index in [1.165, 1.54) is 5.56 Å². The molecule has 3 N–H and O–H groups in total. The van der Waals surface area contributed by atoms with Gasteiger partial charge >= 0.3 is 0 Å². The average molecular weight is 376 g/mol. The molecule has 0 fully saturated rings. The summed E-state index contributed by atoms with van der Waals surface area (Å²) < 4.78 is 0. The van der Waals surface area contributed by atoms with E-state index in [2.05, 4.69) is 30.0 Å². The van der Waals surface area contributed by atoms with Crippen LogP contribution in [0.4, 0.5) is 0 Å². The minimum Gasteiger partial charge on any atom is -0.361 e. The topological polar surface area (TPSA) is 53.2 Å². The van der Waals surface area contributed by atoms with Crippen molar-refractivity contribution in [1.82, 2.24) is 16.2 Å². The number of benzene rings is 2. The molecule has 0 unspecified atom stereocenters. The van der Waals surface area contributed by atoms with E-state index >= 15 is 0 Å². The van der Waals surface area contributed by atoms with Crippen LogP contribution in [0.2, 0.25) is 5.02 Å². The Bertz CT molecular complexity index is 714. The Morgan fingerprint density at radius 1 is 1.04 bits per heavy atom. The molecule has 0 aromatic heterocycles. The number of halogens is 1. The van der Waals surface area contributed by atoms with Crippen LogP contribution in [0.25, 0.3) is 0 Å². The van der Waals surface area contributed by atoms with Crippen LogP contribution in [-0.2, 0) is 6.42 Å². The van der Waals surface area contributed by atoms with E-state index in [1.54, 1.807) is 0 Å². The molecule has 0 aliphatic carbocycles. The molecule has 2 aromatic carbocycles. The van der Waals surface area contributed by atoms with E-state index in [0.29, 0.717) is 23.1 Å². The van der Waals surface area contributed by atoms with Crippen LogP contribution in [0.3, 0.4) is 0 Å². The first-order chi connectivity index (χ1) is 12.0. The molecule has 0 saturated carbocycles. The van der Waals surface area contributed by atoms with E-state index in [9.17, 15) is 4.79 Å². The van der Waals surface area contributed by atoms with Gasteiger partial charge in [-0.3, -0.25) is 15.6 Å². The molecule has 0 spiro atoms. The van der Waals surface area contributed by atoms with Crippen LogP contribution >= 0.6 is 23.8 Å². The lowest BCUT2D eigenvalue weighted by molar-refractivity contribution is 0.0943. The summed E-state index contributed by atoms with van der Waals surface area (Å²) in [6, 6.07) is 15.2. The number of carbonyl (C=O) groups excluding carboxylic acids is 1. The Morgan fingerprint density at radius 3 is 2.28 bits per heavy atom. The highest BCUT2D eigenvalue weighted by Crippen LogP contribution is 2.14. The van der Waals surface area contributed by atoms with E-state index in [4.69, 9.17) is 23.8 Å². The van der Waals surface area contributed by atoms with Gasteiger partial charge in [0.15, 0.2) is 5.11 Å². The SMILES string of the molecule is CC(C)c1ccc(C(=O)NNC(=S)NCCc2ccc(Cl)cc2)cc1. The zero-order chi connectivity index (χ0) is 18.2. The number of nitrogens with one attached hydrogen (secondary N) is 3. The minimum atomic E-state index is -0.225. The van der Waals surface area contributed by atoms with Gasteiger partial charge in [0.1, 0.15) is 0 Å². The molecule has 0 saturated heterocycles. The number of hydrogen-bond donors (Lipinski definition) is 3. The van der Waals surface area contributed by atoms with E-state index in [0.717, 1.165) is 17.0 Å². The summed E-state index contributed by atoms with van der Waals surface area (Å²) in [6.45, 7) is 4.89. The third kappa shape index (κ3) is 6.36. The highest BCUT2D eigenvalue weighted by atomic mass is 35.5. The van der Waals surface area contributed by atoms with Gasteiger partial charge in [-0.1, -0.05) is 49.7 Å². The van der Waals surface area contributed by atoms with Crippen LogP contribution in [0.15, 0.2) is 48.5 Å². The van der Waals surface area contributed by atoms with Crippen LogP contribution in [0.1, 0.15) is 41.3 Å². The summed E-state index contributed by atoms with van der Waals surface area (Å²) in [5, 5.41) is 4.15. The van der Waals surface area contributed by atoms with Crippen molar-refractivity contribution in [3.8, 4) is 0 Å². The largest absolute Gasteiger partial charge is 0.361 e. The lowest BCUT2D eigenvalue weighted by Gasteiger charge is -2.12. The van der Waals surface area contributed by atoms with Crippen LogP contribution in [0.5, 0.6) is 0 Å². The van der Waals surface area contributed by atoms with Crippen molar-refractivity contribution in [1.29, 1.82) is 0 Å². The predicted molar refractivity (Wildman–Crippen MR) is 107 cm³/mol. The van der Waals surface area contributed by atoms with Crippen molar-refractivity contribution in [2.24, 2.45) is 0 Å². The van der Waals surface area contributed by atoms with E-state index in [-0.39, 0.29) is 5.91 Å². The molecule has 0 radical (unpaired) electrons. The molecule has 6 heteroatoms. The van der Waals surface area contributed by atoms with Crippen LogP contribution in [0, 0.1) is 0 Å². The lowest BCUT2D eigenvalue weighted by Crippen LogP contribution is -2.47. The summed E-state index contributed by atoms with van der Waals surface area (Å²) in [4.78, 5) is 12.1. The van der Waals surface area contributed by atoms with Gasteiger partial charge in [-0.05, 0) is 59.9 Å². The van der Waals surface area contributed by atoms with Crippen LogP contribution in [-0.4, -0.2) is 17.6 Å². The number of amides is 1. The number of thiocarbonyl (C=S) groups is 1. The standard InChI is InChI=1S/C19H22ClN3OS/c1-13(2)15-5-7-16(8-6-15)18(24)22-23-19(25)21-12-11-14-3-9-17(20)10-4-14/h3-10,13H,11-12H2,1-2H3,(H,22,24)(H2,21,23,25). The number of hydrogen-bond acceptors (Lipinski definition) is 2. The molecule has 1 amide bonds. The molecule has 0 atom stereocenters. The monoisotopic (exact) mass is 375 g/mol. The van der Waals surface area contributed by atoms with Crippen molar-refractivity contribution in [3.05, 3.63) is 70.2 Å². The smallest absolute Gasteiger partial charge is 0.269 e. The Kier molecular flexibility index (Phi) is 7.22. The maximum absolute atomic E-state index is 12.1. The molecular formula is C19H22ClN3OS. The summed E-state index contributed by atoms with van der Waals surface area (Å²) in [6.07, 6.45) is 0.809.